The first kappa shape index (κ1) is 16.5. The fourth-order valence-corrected chi connectivity index (χ4v) is 2.66. The summed E-state index contributed by atoms with van der Waals surface area (Å²) in [4.78, 5) is 11.5. The van der Waals surface area contributed by atoms with E-state index >= 15 is 0 Å². The number of hydrogen-bond donors (Lipinski definition) is 0. The second kappa shape index (κ2) is 8.57. The Labute approximate surface area is 133 Å². The number of Topliss-reactive ketones (excluding diaryl/α,β-unsaturated/α-hetero) is 1. The fraction of sp³-hybridized carbons (Fsp3) is 0.450. The van der Waals surface area contributed by atoms with E-state index in [2.05, 4.69) is 6.92 Å². The highest BCUT2D eigenvalue weighted by Crippen LogP contribution is 2.26. The molecular formula is C20H26O2. The highest BCUT2D eigenvalue weighted by molar-refractivity contribution is 5.99. The Morgan fingerprint density at radius 1 is 1.00 bits per heavy atom. The van der Waals surface area contributed by atoms with Crippen molar-refractivity contribution in [2.24, 2.45) is 0 Å². The van der Waals surface area contributed by atoms with Crippen LogP contribution in [0.2, 0.25) is 0 Å². The average molecular weight is 298 g/mol. The molecule has 0 unspecified atom stereocenters. The van der Waals surface area contributed by atoms with Crippen LogP contribution in [0.1, 0.15) is 62.7 Å². The van der Waals surface area contributed by atoms with Gasteiger partial charge < -0.3 is 4.74 Å². The predicted molar refractivity (Wildman–Crippen MR) is 92.8 cm³/mol. The Hall–Kier alpha value is -1.83. The highest BCUT2D eigenvalue weighted by atomic mass is 16.5. The third-order valence-electron chi connectivity index (χ3n) is 4.00. The number of carbonyl (C=O) groups excluding carboxylic acids is 1. The van der Waals surface area contributed by atoms with Crippen molar-refractivity contribution in [3.63, 3.8) is 0 Å². The summed E-state index contributed by atoms with van der Waals surface area (Å²) in [6, 6.07) is 11.8. The molecule has 2 aromatic carbocycles. The number of carbonyl (C=O) groups is 1. The lowest BCUT2D eigenvalue weighted by atomic mass is 10.0. The van der Waals surface area contributed by atoms with Gasteiger partial charge in [-0.15, -0.1) is 0 Å². The Bertz CT molecular complexity index is 616. The van der Waals surface area contributed by atoms with E-state index in [-0.39, 0.29) is 5.78 Å². The zero-order valence-corrected chi connectivity index (χ0v) is 13.7. The van der Waals surface area contributed by atoms with Crippen molar-refractivity contribution in [1.82, 2.24) is 0 Å². The summed E-state index contributed by atoms with van der Waals surface area (Å²) in [5.74, 6) is 1.02. The van der Waals surface area contributed by atoms with E-state index < -0.39 is 0 Å². The molecule has 0 bridgehead atoms. The number of ketones is 1. The second-order valence-corrected chi connectivity index (χ2v) is 5.86. The zero-order chi connectivity index (χ0) is 15.8. The standard InChI is InChI=1S/C20H26O2/c1-3-4-5-6-7-8-14-22-20-11-9-10-18-15-17(16(2)21)12-13-19(18)20/h9-13,15H,3-8,14H2,1-2H3. The summed E-state index contributed by atoms with van der Waals surface area (Å²) >= 11 is 0. The summed E-state index contributed by atoms with van der Waals surface area (Å²) in [5.41, 5.74) is 0.751. The van der Waals surface area contributed by atoms with Gasteiger partial charge in [0, 0.05) is 10.9 Å². The van der Waals surface area contributed by atoms with Crippen molar-refractivity contribution < 1.29 is 9.53 Å². The molecule has 0 aliphatic carbocycles. The van der Waals surface area contributed by atoms with E-state index in [0.29, 0.717) is 0 Å². The molecule has 2 aromatic rings. The third-order valence-corrected chi connectivity index (χ3v) is 4.00. The van der Waals surface area contributed by atoms with Gasteiger partial charge in [0.2, 0.25) is 0 Å². The quantitative estimate of drug-likeness (QED) is 0.433. The molecule has 0 saturated heterocycles. The maximum absolute atomic E-state index is 11.5. The van der Waals surface area contributed by atoms with Crippen LogP contribution in [0.5, 0.6) is 5.75 Å². The predicted octanol–water partition coefficient (Wildman–Crippen LogP) is 5.78. The van der Waals surface area contributed by atoms with Gasteiger partial charge in [0.1, 0.15) is 5.75 Å². The smallest absolute Gasteiger partial charge is 0.159 e. The minimum atomic E-state index is 0.0975. The van der Waals surface area contributed by atoms with Gasteiger partial charge in [0.25, 0.3) is 0 Å². The first-order chi connectivity index (χ1) is 10.7. The van der Waals surface area contributed by atoms with Crippen molar-refractivity contribution >= 4 is 16.6 Å². The van der Waals surface area contributed by atoms with Crippen LogP contribution in [0.3, 0.4) is 0 Å². The molecule has 0 aromatic heterocycles. The van der Waals surface area contributed by atoms with Gasteiger partial charge in [-0.2, -0.15) is 0 Å². The molecule has 2 nitrogen and oxygen atoms in total. The topological polar surface area (TPSA) is 26.3 Å². The fourth-order valence-electron chi connectivity index (χ4n) is 2.66. The van der Waals surface area contributed by atoms with Crippen molar-refractivity contribution in [3.05, 3.63) is 42.0 Å². The number of fused-ring (bicyclic) bond motifs is 1. The third kappa shape index (κ3) is 4.59. The van der Waals surface area contributed by atoms with E-state index in [1.165, 1.54) is 32.1 Å². The molecule has 0 aliphatic heterocycles. The first-order valence-electron chi connectivity index (χ1n) is 8.39. The van der Waals surface area contributed by atoms with Crippen LogP contribution in [0, 0.1) is 0 Å². The van der Waals surface area contributed by atoms with E-state index in [9.17, 15) is 4.79 Å². The molecule has 0 N–H and O–H groups in total. The molecule has 0 amide bonds. The highest BCUT2D eigenvalue weighted by Gasteiger charge is 2.05. The second-order valence-electron chi connectivity index (χ2n) is 5.86. The summed E-state index contributed by atoms with van der Waals surface area (Å²) in [5, 5.41) is 2.15. The summed E-state index contributed by atoms with van der Waals surface area (Å²) < 4.78 is 5.94. The lowest BCUT2D eigenvalue weighted by Gasteiger charge is -2.10. The monoisotopic (exact) mass is 298 g/mol. The molecule has 0 saturated carbocycles. The summed E-state index contributed by atoms with van der Waals surface area (Å²) in [6.45, 7) is 4.60. The maximum atomic E-state index is 11.5. The van der Waals surface area contributed by atoms with Crippen LogP contribution < -0.4 is 4.74 Å². The Morgan fingerprint density at radius 2 is 1.77 bits per heavy atom. The first-order valence-corrected chi connectivity index (χ1v) is 8.39. The Kier molecular flexibility index (Phi) is 6.45. The molecule has 2 heteroatoms. The molecule has 0 radical (unpaired) electrons. The average Bonchev–Trinajstić information content (AvgIpc) is 2.53. The molecule has 118 valence electrons. The lowest BCUT2D eigenvalue weighted by molar-refractivity contribution is 0.101. The van der Waals surface area contributed by atoms with Crippen molar-refractivity contribution in [3.8, 4) is 5.75 Å². The van der Waals surface area contributed by atoms with Crippen LogP contribution in [-0.2, 0) is 0 Å². The van der Waals surface area contributed by atoms with Crippen LogP contribution in [-0.4, -0.2) is 12.4 Å². The Morgan fingerprint density at radius 3 is 2.55 bits per heavy atom. The molecule has 22 heavy (non-hydrogen) atoms. The number of rotatable bonds is 9. The summed E-state index contributed by atoms with van der Waals surface area (Å²) in [7, 11) is 0. The van der Waals surface area contributed by atoms with Gasteiger partial charge >= 0.3 is 0 Å². The van der Waals surface area contributed by atoms with Crippen LogP contribution in [0.4, 0.5) is 0 Å². The molecule has 0 heterocycles. The SMILES string of the molecule is CCCCCCCCOc1cccc2cc(C(C)=O)ccc12. The van der Waals surface area contributed by atoms with Crippen LogP contribution >= 0.6 is 0 Å². The van der Waals surface area contributed by atoms with Crippen LogP contribution in [0.15, 0.2) is 36.4 Å². The van der Waals surface area contributed by atoms with Crippen LogP contribution in [0.25, 0.3) is 10.8 Å². The molecular weight excluding hydrogens is 272 g/mol. The maximum Gasteiger partial charge on any atom is 0.159 e. The molecule has 2 rings (SSSR count). The van der Waals surface area contributed by atoms with Crippen molar-refractivity contribution in [1.29, 1.82) is 0 Å². The molecule has 0 fully saturated rings. The lowest BCUT2D eigenvalue weighted by Crippen LogP contribution is -1.98. The van der Waals surface area contributed by atoms with Gasteiger partial charge in [-0.25, -0.2) is 0 Å². The minimum absolute atomic E-state index is 0.0975. The van der Waals surface area contributed by atoms with Gasteiger partial charge in [-0.05, 0) is 36.9 Å². The van der Waals surface area contributed by atoms with E-state index in [1.807, 2.05) is 36.4 Å². The van der Waals surface area contributed by atoms with Crippen molar-refractivity contribution in [2.75, 3.05) is 6.61 Å². The number of hydrogen-bond acceptors (Lipinski definition) is 2. The van der Waals surface area contributed by atoms with E-state index in [1.54, 1.807) is 6.92 Å². The van der Waals surface area contributed by atoms with E-state index in [4.69, 9.17) is 4.74 Å². The summed E-state index contributed by atoms with van der Waals surface area (Å²) in [6.07, 6.45) is 7.59. The minimum Gasteiger partial charge on any atom is -0.493 e. The molecule has 0 aliphatic rings. The normalized spacial score (nSPS) is 10.8. The number of benzene rings is 2. The Balaban J connectivity index is 1.92. The van der Waals surface area contributed by atoms with Gasteiger partial charge in [-0.3, -0.25) is 4.79 Å². The molecule has 0 spiro atoms. The number of unbranched alkanes of at least 4 members (excludes halogenated alkanes) is 5. The van der Waals surface area contributed by atoms with Gasteiger partial charge in [0.15, 0.2) is 5.78 Å². The van der Waals surface area contributed by atoms with Crippen molar-refractivity contribution in [2.45, 2.75) is 52.4 Å². The number of ether oxygens (including phenoxy) is 1. The largest absolute Gasteiger partial charge is 0.493 e. The molecule has 0 atom stereocenters. The van der Waals surface area contributed by atoms with Gasteiger partial charge in [0.05, 0.1) is 6.61 Å². The van der Waals surface area contributed by atoms with E-state index in [0.717, 1.165) is 35.1 Å². The zero-order valence-electron chi connectivity index (χ0n) is 13.7. The van der Waals surface area contributed by atoms with Gasteiger partial charge in [-0.1, -0.05) is 57.2 Å².